The van der Waals surface area contributed by atoms with Gasteiger partial charge in [-0.2, -0.15) is 0 Å². The minimum absolute atomic E-state index is 0.0290. The number of para-hydroxylation sites is 1. The molecule has 6 nitrogen and oxygen atoms in total. The lowest BCUT2D eigenvalue weighted by Crippen LogP contribution is -2.47. The van der Waals surface area contributed by atoms with Gasteiger partial charge in [-0.3, -0.25) is 14.6 Å². The second-order valence-corrected chi connectivity index (χ2v) is 8.67. The maximum atomic E-state index is 13.3. The first-order chi connectivity index (χ1) is 16.1. The Kier molecular flexibility index (Phi) is 5.94. The molecule has 0 N–H and O–H groups in total. The van der Waals surface area contributed by atoms with Crippen LogP contribution in [0.4, 0.5) is 4.39 Å². The summed E-state index contributed by atoms with van der Waals surface area (Å²) in [5.41, 5.74) is 1.62. The van der Waals surface area contributed by atoms with Crippen molar-refractivity contribution in [3.05, 3.63) is 72.2 Å². The highest BCUT2D eigenvalue weighted by Gasteiger charge is 2.43. The summed E-state index contributed by atoms with van der Waals surface area (Å²) >= 11 is 0. The molecule has 2 aliphatic heterocycles. The molecule has 5 rings (SSSR count). The lowest BCUT2D eigenvalue weighted by atomic mass is 10.0. The summed E-state index contributed by atoms with van der Waals surface area (Å²) in [6, 6.07) is 15.7. The highest BCUT2D eigenvalue weighted by Crippen LogP contribution is 2.32. The van der Waals surface area contributed by atoms with Crippen molar-refractivity contribution in [2.45, 2.75) is 44.3 Å². The van der Waals surface area contributed by atoms with Gasteiger partial charge in [0.1, 0.15) is 17.1 Å². The van der Waals surface area contributed by atoms with E-state index in [1.165, 1.54) is 12.1 Å². The third-order valence-corrected chi connectivity index (χ3v) is 6.65. The fraction of sp³-hybridized carbons (Fsp3) is 0.346. The van der Waals surface area contributed by atoms with Gasteiger partial charge < -0.3 is 14.5 Å². The molecule has 2 aromatic carbocycles. The SMILES string of the molecule is O=C(COc1cccc2cccnc12)N1CC[C@@H]2[C@H]1CCCC(=O)N2Cc1ccc(F)cc1. The molecule has 2 atom stereocenters. The predicted octanol–water partition coefficient (Wildman–Crippen LogP) is 3.93. The average Bonchev–Trinajstić information content (AvgIpc) is 3.19. The smallest absolute Gasteiger partial charge is 0.260 e. The summed E-state index contributed by atoms with van der Waals surface area (Å²) in [5, 5.41) is 0.961. The minimum atomic E-state index is -0.294. The first-order valence-electron chi connectivity index (χ1n) is 11.4. The van der Waals surface area contributed by atoms with Crippen LogP contribution in [0.3, 0.4) is 0 Å². The number of carbonyl (C=O) groups is 2. The zero-order valence-electron chi connectivity index (χ0n) is 18.3. The van der Waals surface area contributed by atoms with Gasteiger partial charge in [-0.15, -0.1) is 0 Å². The monoisotopic (exact) mass is 447 g/mol. The zero-order valence-corrected chi connectivity index (χ0v) is 18.3. The molecule has 33 heavy (non-hydrogen) atoms. The Balaban J connectivity index is 1.29. The summed E-state index contributed by atoms with van der Waals surface area (Å²) in [4.78, 5) is 34.1. The summed E-state index contributed by atoms with van der Waals surface area (Å²) in [6.07, 6.45) is 4.45. The van der Waals surface area contributed by atoms with Crippen molar-refractivity contribution in [3.63, 3.8) is 0 Å². The van der Waals surface area contributed by atoms with E-state index in [1.807, 2.05) is 40.1 Å². The van der Waals surface area contributed by atoms with Crippen LogP contribution in [0.1, 0.15) is 31.2 Å². The molecule has 2 fully saturated rings. The van der Waals surface area contributed by atoms with Gasteiger partial charge in [0, 0.05) is 31.1 Å². The molecule has 7 heteroatoms. The number of carbonyl (C=O) groups excluding carboxylic acids is 2. The Labute approximate surface area is 192 Å². The fourth-order valence-electron chi connectivity index (χ4n) is 5.06. The highest BCUT2D eigenvalue weighted by molar-refractivity contribution is 5.85. The quantitative estimate of drug-likeness (QED) is 0.595. The van der Waals surface area contributed by atoms with Gasteiger partial charge in [0.05, 0.1) is 12.1 Å². The fourth-order valence-corrected chi connectivity index (χ4v) is 5.06. The normalized spacial score (nSPS) is 20.6. The van der Waals surface area contributed by atoms with Crippen molar-refractivity contribution < 1.29 is 18.7 Å². The van der Waals surface area contributed by atoms with Gasteiger partial charge in [-0.1, -0.05) is 30.3 Å². The molecule has 2 saturated heterocycles. The molecule has 0 radical (unpaired) electrons. The molecule has 0 saturated carbocycles. The largest absolute Gasteiger partial charge is 0.481 e. The molecule has 3 aromatic rings. The van der Waals surface area contributed by atoms with Crippen LogP contribution in [0.5, 0.6) is 5.75 Å². The number of rotatable bonds is 5. The number of nitrogens with zero attached hydrogens (tertiary/aromatic N) is 3. The van der Waals surface area contributed by atoms with E-state index in [-0.39, 0.29) is 36.3 Å². The van der Waals surface area contributed by atoms with E-state index in [4.69, 9.17) is 4.74 Å². The number of aromatic nitrogens is 1. The Morgan fingerprint density at radius 3 is 2.73 bits per heavy atom. The van der Waals surface area contributed by atoms with Crippen molar-refractivity contribution in [2.24, 2.45) is 0 Å². The van der Waals surface area contributed by atoms with Crippen LogP contribution in [0.25, 0.3) is 10.9 Å². The third kappa shape index (κ3) is 4.40. The second-order valence-electron chi connectivity index (χ2n) is 8.67. The number of hydrogen-bond donors (Lipinski definition) is 0. The topological polar surface area (TPSA) is 62.7 Å². The Hall–Kier alpha value is -3.48. The van der Waals surface area contributed by atoms with E-state index in [9.17, 15) is 14.0 Å². The molecule has 170 valence electrons. The molecule has 3 heterocycles. The Morgan fingerprint density at radius 1 is 1.06 bits per heavy atom. The average molecular weight is 448 g/mol. The first kappa shape index (κ1) is 21.4. The summed E-state index contributed by atoms with van der Waals surface area (Å²) in [7, 11) is 0. The Bertz CT molecular complexity index is 1160. The van der Waals surface area contributed by atoms with Gasteiger partial charge in [-0.25, -0.2) is 4.39 Å². The first-order valence-corrected chi connectivity index (χ1v) is 11.4. The Morgan fingerprint density at radius 2 is 1.88 bits per heavy atom. The van der Waals surface area contributed by atoms with Crippen LogP contribution in [-0.2, 0) is 16.1 Å². The van der Waals surface area contributed by atoms with Crippen LogP contribution in [0, 0.1) is 5.82 Å². The molecule has 2 amide bonds. The zero-order chi connectivity index (χ0) is 22.8. The van der Waals surface area contributed by atoms with Crippen LogP contribution in [0.15, 0.2) is 60.8 Å². The number of benzene rings is 2. The van der Waals surface area contributed by atoms with E-state index in [0.717, 1.165) is 35.7 Å². The molecule has 0 aliphatic carbocycles. The molecule has 0 bridgehead atoms. The van der Waals surface area contributed by atoms with Gasteiger partial charge >= 0.3 is 0 Å². The predicted molar refractivity (Wildman–Crippen MR) is 122 cm³/mol. The van der Waals surface area contributed by atoms with Crippen LogP contribution in [-0.4, -0.2) is 51.8 Å². The van der Waals surface area contributed by atoms with E-state index in [1.54, 1.807) is 18.3 Å². The number of ether oxygens (including phenoxy) is 1. The van der Waals surface area contributed by atoms with Crippen LogP contribution < -0.4 is 4.74 Å². The molecule has 1 aromatic heterocycles. The molecule has 2 aliphatic rings. The van der Waals surface area contributed by atoms with E-state index in [0.29, 0.717) is 25.3 Å². The van der Waals surface area contributed by atoms with Crippen molar-refractivity contribution in [1.82, 2.24) is 14.8 Å². The molecular weight excluding hydrogens is 421 g/mol. The number of amides is 2. The number of pyridine rings is 1. The molecular formula is C26H26FN3O3. The second kappa shape index (κ2) is 9.17. The number of likely N-dealkylation sites (tertiary alicyclic amines) is 2. The lowest BCUT2D eigenvalue weighted by Gasteiger charge is -2.33. The van der Waals surface area contributed by atoms with E-state index in [2.05, 4.69) is 4.98 Å². The number of hydrogen-bond acceptors (Lipinski definition) is 4. The van der Waals surface area contributed by atoms with Crippen molar-refractivity contribution in [2.75, 3.05) is 13.2 Å². The van der Waals surface area contributed by atoms with Gasteiger partial charge in [-0.05, 0) is 49.1 Å². The maximum absolute atomic E-state index is 13.3. The van der Waals surface area contributed by atoms with Gasteiger partial charge in [0.15, 0.2) is 6.61 Å². The lowest BCUT2D eigenvalue weighted by molar-refractivity contribution is -0.137. The maximum Gasteiger partial charge on any atom is 0.260 e. The third-order valence-electron chi connectivity index (χ3n) is 6.65. The van der Waals surface area contributed by atoms with E-state index >= 15 is 0 Å². The van der Waals surface area contributed by atoms with Crippen molar-refractivity contribution in [3.8, 4) is 5.75 Å². The minimum Gasteiger partial charge on any atom is -0.481 e. The van der Waals surface area contributed by atoms with Crippen molar-refractivity contribution >= 4 is 22.7 Å². The van der Waals surface area contributed by atoms with Gasteiger partial charge in [0.2, 0.25) is 5.91 Å². The summed E-state index contributed by atoms with van der Waals surface area (Å²) in [6.45, 7) is 0.962. The highest BCUT2D eigenvalue weighted by atomic mass is 19.1. The number of fused-ring (bicyclic) bond motifs is 2. The summed E-state index contributed by atoms with van der Waals surface area (Å²) < 4.78 is 19.2. The summed E-state index contributed by atoms with van der Waals surface area (Å²) in [5.74, 6) is 0.315. The number of halogens is 1. The van der Waals surface area contributed by atoms with Crippen molar-refractivity contribution in [1.29, 1.82) is 0 Å². The molecule has 0 unspecified atom stereocenters. The van der Waals surface area contributed by atoms with E-state index < -0.39 is 0 Å². The van der Waals surface area contributed by atoms with Gasteiger partial charge in [0.25, 0.3) is 5.91 Å². The van der Waals surface area contributed by atoms with Crippen LogP contribution >= 0.6 is 0 Å². The van der Waals surface area contributed by atoms with Crippen LogP contribution in [0.2, 0.25) is 0 Å². The molecule has 0 spiro atoms. The standard InChI is InChI=1S/C26H26FN3O3/c27-20-11-9-18(10-12-20)16-30-22-13-15-29(21(22)6-2-8-24(30)31)25(32)17-33-23-7-1-4-19-5-3-14-28-26(19)23/h1,3-5,7,9-12,14,21-22H,2,6,8,13,15-17H2/t21-,22-/m1/s1.